The molecule has 86 valence electrons. The molecule has 0 radical (unpaired) electrons. The van der Waals surface area contributed by atoms with Gasteiger partial charge in [-0.2, -0.15) is 0 Å². The lowest BCUT2D eigenvalue weighted by molar-refractivity contribution is -0.129. The molecule has 1 aliphatic rings. The number of anilines is 1. The van der Waals surface area contributed by atoms with Gasteiger partial charge in [0.05, 0.1) is 5.41 Å². The van der Waals surface area contributed by atoms with Crippen LogP contribution in [0.15, 0.2) is 12.1 Å². The predicted octanol–water partition coefficient (Wildman–Crippen LogP) is 1.20. The lowest BCUT2D eigenvalue weighted by atomic mass is 9.68. The first-order chi connectivity index (χ1) is 7.66. The van der Waals surface area contributed by atoms with Crippen molar-refractivity contribution in [2.45, 2.75) is 19.3 Å². The topological polar surface area (TPSA) is 80.9 Å². The summed E-state index contributed by atoms with van der Waals surface area (Å²) < 4.78 is 0. The van der Waals surface area contributed by atoms with Gasteiger partial charge in [0.1, 0.15) is 0 Å². The van der Waals surface area contributed by atoms with Crippen LogP contribution in [-0.4, -0.2) is 22.6 Å². The molecule has 1 saturated carbocycles. The molecule has 16 heavy (non-hydrogen) atoms. The van der Waals surface area contributed by atoms with Crippen LogP contribution < -0.4 is 11.1 Å². The van der Waals surface area contributed by atoms with Crippen molar-refractivity contribution in [1.29, 1.82) is 0 Å². The summed E-state index contributed by atoms with van der Waals surface area (Å²) in [6.07, 6.45) is 2.74. The minimum atomic E-state index is -0.401. The number of nitrogens with two attached hydrogens (primary N) is 1. The predicted molar refractivity (Wildman–Crippen MR) is 61.0 cm³/mol. The molecule has 1 heterocycles. The van der Waals surface area contributed by atoms with Gasteiger partial charge in [0.25, 0.3) is 0 Å². The van der Waals surface area contributed by atoms with E-state index in [0.717, 1.165) is 19.3 Å². The summed E-state index contributed by atoms with van der Waals surface area (Å²) in [5.74, 6) is 0.340. The number of amides is 1. The second kappa shape index (κ2) is 4.35. The Morgan fingerprint density at radius 2 is 2.25 bits per heavy atom. The van der Waals surface area contributed by atoms with E-state index in [9.17, 15) is 4.79 Å². The van der Waals surface area contributed by atoms with Gasteiger partial charge >= 0.3 is 0 Å². The fraction of sp³-hybridized carbons (Fsp3) is 0.500. The lowest BCUT2D eigenvalue weighted by Crippen LogP contribution is -2.47. The van der Waals surface area contributed by atoms with Crippen molar-refractivity contribution in [2.75, 3.05) is 11.9 Å². The van der Waals surface area contributed by atoms with Crippen LogP contribution in [0.25, 0.3) is 0 Å². The molecule has 6 heteroatoms. The quantitative estimate of drug-likeness (QED) is 0.832. The van der Waals surface area contributed by atoms with Crippen LogP contribution in [0, 0.1) is 5.41 Å². The summed E-state index contributed by atoms with van der Waals surface area (Å²) in [7, 11) is 0. The number of hydrogen-bond donors (Lipinski definition) is 2. The maximum Gasteiger partial charge on any atom is 0.233 e. The van der Waals surface area contributed by atoms with Gasteiger partial charge in [-0.3, -0.25) is 4.79 Å². The molecule has 2 rings (SSSR count). The molecule has 1 aromatic heterocycles. The molecule has 0 aliphatic heterocycles. The number of carbonyl (C=O) groups is 1. The van der Waals surface area contributed by atoms with Crippen molar-refractivity contribution >= 4 is 23.3 Å². The maximum absolute atomic E-state index is 11.9. The third-order valence-corrected chi connectivity index (χ3v) is 3.26. The highest BCUT2D eigenvalue weighted by molar-refractivity contribution is 6.29. The molecule has 1 fully saturated rings. The Balaban J connectivity index is 2.04. The zero-order valence-corrected chi connectivity index (χ0v) is 9.50. The molecule has 0 aromatic carbocycles. The molecule has 1 amide bonds. The van der Waals surface area contributed by atoms with E-state index in [0.29, 0.717) is 17.5 Å². The second-order valence-electron chi connectivity index (χ2n) is 4.03. The van der Waals surface area contributed by atoms with E-state index in [2.05, 4.69) is 15.5 Å². The maximum atomic E-state index is 11.9. The Morgan fingerprint density at radius 1 is 1.50 bits per heavy atom. The smallest absolute Gasteiger partial charge is 0.233 e. The van der Waals surface area contributed by atoms with Crippen LogP contribution in [0.2, 0.25) is 5.15 Å². The number of nitrogens with zero attached hydrogens (tertiary/aromatic N) is 2. The first-order valence-corrected chi connectivity index (χ1v) is 5.55. The highest BCUT2D eigenvalue weighted by Crippen LogP contribution is 2.40. The third-order valence-electron chi connectivity index (χ3n) is 3.06. The number of halogens is 1. The van der Waals surface area contributed by atoms with Crippen molar-refractivity contribution in [3.8, 4) is 0 Å². The summed E-state index contributed by atoms with van der Waals surface area (Å²) in [5, 5.41) is 10.4. The van der Waals surface area contributed by atoms with E-state index < -0.39 is 5.41 Å². The average molecular weight is 241 g/mol. The van der Waals surface area contributed by atoms with E-state index >= 15 is 0 Å². The van der Waals surface area contributed by atoms with Gasteiger partial charge in [-0.05, 0) is 25.0 Å². The van der Waals surface area contributed by atoms with Crippen LogP contribution in [-0.2, 0) is 4.79 Å². The van der Waals surface area contributed by atoms with Crippen molar-refractivity contribution in [3.63, 3.8) is 0 Å². The summed E-state index contributed by atoms with van der Waals surface area (Å²) in [6, 6.07) is 3.20. The van der Waals surface area contributed by atoms with E-state index in [-0.39, 0.29) is 5.91 Å². The Hall–Kier alpha value is -1.20. The highest BCUT2D eigenvalue weighted by atomic mass is 35.5. The molecule has 0 unspecified atom stereocenters. The summed E-state index contributed by atoms with van der Waals surface area (Å²) in [4.78, 5) is 11.9. The Bertz CT molecular complexity index is 383. The molecule has 0 atom stereocenters. The third kappa shape index (κ3) is 2.01. The molecule has 1 aliphatic carbocycles. The molecule has 5 nitrogen and oxygen atoms in total. The molecule has 1 aromatic rings. The summed E-state index contributed by atoms with van der Waals surface area (Å²) >= 11 is 5.60. The number of nitrogens with one attached hydrogen (secondary N) is 1. The van der Waals surface area contributed by atoms with Crippen LogP contribution in [0.4, 0.5) is 5.82 Å². The number of rotatable bonds is 3. The van der Waals surface area contributed by atoms with Crippen molar-refractivity contribution < 1.29 is 4.79 Å². The minimum absolute atomic E-state index is 0.0714. The molecule has 0 spiro atoms. The van der Waals surface area contributed by atoms with Crippen LogP contribution in [0.3, 0.4) is 0 Å². The monoisotopic (exact) mass is 240 g/mol. The average Bonchev–Trinajstić information content (AvgIpc) is 2.21. The molecular weight excluding hydrogens is 228 g/mol. The molecule has 3 N–H and O–H groups in total. The number of aromatic nitrogens is 2. The first kappa shape index (κ1) is 11.3. The normalized spacial score (nSPS) is 17.6. The number of hydrogen-bond acceptors (Lipinski definition) is 4. The van der Waals surface area contributed by atoms with Crippen LogP contribution in [0.5, 0.6) is 0 Å². The van der Waals surface area contributed by atoms with E-state index in [1.807, 2.05) is 0 Å². The molecular formula is C10H13ClN4O. The lowest BCUT2D eigenvalue weighted by Gasteiger charge is -2.38. The highest BCUT2D eigenvalue weighted by Gasteiger charge is 2.42. The van der Waals surface area contributed by atoms with E-state index in [1.165, 1.54) is 0 Å². The Morgan fingerprint density at radius 3 is 2.69 bits per heavy atom. The van der Waals surface area contributed by atoms with E-state index in [4.69, 9.17) is 17.3 Å². The van der Waals surface area contributed by atoms with Crippen molar-refractivity contribution in [2.24, 2.45) is 11.1 Å². The van der Waals surface area contributed by atoms with Gasteiger partial charge in [0.2, 0.25) is 5.91 Å². The van der Waals surface area contributed by atoms with Crippen molar-refractivity contribution in [3.05, 3.63) is 17.3 Å². The van der Waals surface area contributed by atoms with Gasteiger partial charge < -0.3 is 11.1 Å². The fourth-order valence-corrected chi connectivity index (χ4v) is 1.86. The van der Waals surface area contributed by atoms with Crippen LogP contribution in [0.1, 0.15) is 19.3 Å². The van der Waals surface area contributed by atoms with Gasteiger partial charge in [-0.1, -0.05) is 18.0 Å². The second-order valence-corrected chi connectivity index (χ2v) is 4.42. The molecule has 0 bridgehead atoms. The SMILES string of the molecule is NCC1(C(=O)Nc2ccc(Cl)nn2)CCC1. The van der Waals surface area contributed by atoms with E-state index in [1.54, 1.807) is 12.1 Å². The summed E-state index contributed by atoms with van der Waals surface area (Å²) in [5.41, 5.74) is 5.23. The minimum Gasteiger partial charge on any atom is -0.329 e. The largest absolute Gasteiger partial charge is 0.329 e. The standard InChI is InChI=1S/C10H13ClN4O/c11-7-2-3-8(15-14-7)13-9(16)10(6-12)4-1-5-10/h2-3H,1,4-6,12H2,(H,13,15,16). The van der Waals surface area contributed by atoms with Crippen molar-refractivity contribution in [1.82, 2.24) is 10.2 Å². The van der Waals surface area contributed by atoms with Gasteiger partial charge in [-0.15, -0.1) is 10.2 Å². The van der Waals surface area contributed by atoms with Gasteiger partial charge in [0.15, 0.2) is 11.0 Å². The first-order valence-electron chi connectivity index (χ1n) is 5.17. The molecule has 0 saturated heterocycles. The number of carbonyl (C=O) groups excluding carboxylic acids is 1. The van der Waals surface area contributed by atoms with Gasteiger partial charge in [0, 0.05) is 6.54 Å². The fourth-order valence-electron chi connectivity index (χ4n) is 1.76. The van der Waals surface area contributed by atoms with Crippen LogP contribution >= 0.6 is 11.6 Å². The zero-order chi connectivity index (χ0) is 11.6. The Kier molecular flexibility index (Phi) is 3.07. The Labute approximate surface area is 98.4 Å². The van der Waals surface area contributed by atoms with Gasteiger partial charge in [-0.25, -0.2) is 0 Å². The summed E-state index contributed by atoms with van der Waals surface area (Å²) in [6.45, 7) is 0.375. The zero-order valence-electron chi connectivity index (χ0n) is 8.74.